The van der Waals surface area contributed by atoms with E-state index in [0.29, 0.717) is 6.42 Å². The largest absolute Gasteiger partial charge is 0.313 e. The number of halogens is 2. The average Bonchev–Trinajstić information content (AvgIpc) is 2.39. The summed E-state index contributed by atoms with van der Waals surface area (Å²) in [4.78, 5) is 0. The fraction of sp³-hybridized carbons (Fsp3) is 0.200. The molecule has 0 saturated carbocycles. The highest BCUT2D eigenvalue weighted by atomic mass is 79.9. The number of hydrogen-bond acceptors (Lipinski definition) is 1. The molecule has 1 atom stereocenters. The molecule has 94 valence electrons. The van der Waals surface area contributed by atoms with Crippen molar-refractivity contribution in [3.63, 3.8) is 0 Å². The smallest absolute Gasteiger partial charge is 0.126 e. The molecule has 0 fully saturated rings. The van der Waals surface area contributed by atoms with E-state index in [9.17, 15) is 4.39 Å². The molecule has 0 radical (unpaired) electrons. The van der Waals surface area contributed by atoms with Crippen molar-refractivity contribution >= 4 is 15.9 Å². The molecular formula is C15H15BrFN. The van der Waals surface area contributed by atoms with Gasteiger partial charge < -0.3 is 5.32 Å². The van der Waals surface area contributed by atoms with Crippen molar-refractivity contribution in [2.45, 2.75) is 12.5 Å². The van der Waals surface area contributed by atoms with Gasteiger partial charge in [0.05, 0.1) is 0 Å². The molecule has 0 heterocycles. The van der Waals surface area contributed by atoms with Crippen LogP contribution in [0.15, 0.2) is 53.0 Å². The van der Waals surface area contributed by atoms with Gasteiger partial charge in [-0.25, -0.2) is 4.39 Å². The third kappa shape index (κ3) is 3.18. The van der Waals surface area contributed by atoms with Crippen LogP contribution in [0.4, 0.5) is 4.39 Å². The van der Waals surface area contributed by atoms with Crippen LogP contribution in [0.1, 0.15) is 17.2 Å². The first kappa shape index (κ1) is 13.2. The highest BCUT2D eigenvalue weighted by Gasteiger charge is 2.12. The van der Waals surface area contributed by atoms with Gasteiger partial charge in [-0.1, -0.05) is 46.3 Å². The van der Waals surface area contributed by atoms with E-state index in [1.807, 2.05) is 43.4 Å². The van der Waals surface area contributed by atoms with E-state index in [-0.39, 0.29) is 11.9 Å². The molecule has 0 aliphatic rings. The van der Waals surface area contributed by atoms with E-state index < -0.39 is 0 Å². The molecule has 0 bridgehead atoms. The molecule has 0 amide bonds. The minimum Gasteiger partial charge on any atom is -0.313 e. The Balaban J connectivity index is 2.20. The maximum atomic E-state index is 13.6. The van der Waals surface area contributed by atoms with Crippen molar-refractivity contribution in [3.8, 4) is 0 Å². The third-order valence-electron chi connectivity index (χ3n) is 3.00. The van der Waals surface area contributed by atoms with Crippen LogP contribution >= 0.6 is 15.9 Å². The lowest BCUT2D eigenvalue weighted by atomic mass is 9.99. The third-order valence-corrected chi connectivity index (χ3v) is 3.53. The summed E-state index contributed by atoms with van der Waals surface area (Å²) < 4.78 is 14.7. The van der Waals surface area contributed by atoms with Gasteiger partial charge in [0.15, 0.2) is 0 Å². The molecule has 0 aliphatic carbocycles. The number of hydrogen-bond donors (Lipinski definition) is 1. The second-order valence-corrected chi connectivity index (χ2v) is 5.10. The number of rotatable bonds is 4. The lowest BCUT2D eigenvalue weighted by molar-refractivity contribution is 0.554. The van der Waals surface area contributed by atoms with Crippen molar-refractivity contribution in [1.82, 2.24) is 5.32 Å². The summed E-state index contributed by atoms with van der Waals surface area (Å²) in [6, 6.07) is 15.1. The predicted molar refractivity (Wildman–Crippen MR) is 76.0 cm³/mol. The first-order valence-electron chi connectivity index (χ1n) is 5.87. The summed E-state index contributed by atoms with van der Waals surface area (Å²) in [7, 11) is 1.90. The number of benzene rings is 2. The zero-order valence-corrected chi connectivity index (χ0v) is 11.7. The van der Waals surface area contributed by atoms with Gasteiger partial charge >= 0.3 is 0 Å². The molecule has 1 nitrogen and oxygen atoms in total. The van der Waals surface area contributed by atoms with Gasteiger partial charge in [-0.05, 0) is 42.8 Å². The summed E-state index contributed by atoms with van der Waals surface area (Å²) >= 11 is 3.41. The van der Waals surface area contributed by atoms with E-state index >= 15 is 0 Å². The van der Waals surface area contributed by atoms with Crippen LogP contribution in [0.5, 0.6) is 0 Å². The van der Waals surface area contributed by atoms with Crippen molar-refractivity contribution < 1.29 is 4.39 Å². The summed E-state index contributed by atoms with van der Waals surface area (Å²) in [5.74, 6) is -0.144. The second kappa shape index (κ2) is 6.12. The Labute approximate surface area is 115 Å². The summed E-state index contributed by atoms with van der Waals surface area (Å²) in [6.07, 6.45) is 0.644. The summed E-state index contributed by atoms with van der Waals surface area (Å²) in [5.41, 5.74) is 1.89. The zero-order chi connectivity index (χ0) is 13.0. The minimum atomic E-state index is -0.144. The average molecular weight is 308 g/mol. The van der Waals surface area contributed by atoms with Crippen molar-refractivity contribution in [2.75, 3.05) is 7.05 Å². The summed E-state index contributed by atoms with van der Waals surface area (Å²) in [5, 5.41) is 3.23. The molecular weight excluding hydrogens is 293 g/mol. The SMILES string of the molecule is CNC(Cc1ccccc1F)c1ccc(Br)cc1. The number of nitrogens with one attached hydrogen (secondary N) is 1. The van der Waals surface area contributed by atoms with Crippen molar-refractivity contribution in [3.05, 3.63) is 69.9 Å². The van der Waals surface area contributed by atoms with Crippen LogP contribution in [0, 0.1) is 5.82 Å². The van der Waals surface area contributed by atoms with Crippen LogP contribution in [-0.4, -0.2) is 7.05 Å². The lowest BCUT2D eigenvalue weighted by Crippen LogP contribution is -2.19. The van der Waals surface area contributed by atoms with Gasteiger partial charge in [0.25, 0.3) is 0 Å². The minimum absolute atomic E-state index is 0.120. The maximum Gasteiger partial charge on any atom is 0.126 e. The van der Waals surface area contributed by atoms with E-state index in [4.69, 9.17) is 0 Å². The van der Waals surface area contributed by atoms with Crippen molar-refractivity contribution in [2.24, 2.45) is 0 Å². The Kier molecular flexibility index (Phi) is 4.50. The molecule has 3 heteroatoms. The van der Waals surface area contributed by atoms with E-state index in [1.54, 1.807) is 6.07 Å². The zero-order valence-electron chi connectivity index (χ0n) is 10.2. The van der Waals surface area contributed by atoms with Gasteiger partial charge in [-0.3, -0.25) is 0 Å². The van der Waals surface area contributed by atoms with Crippen LogP contribution in [0.25, 0.3) is 0 Å². The summed E-state index contributed by atoms with van der Waals surface area (Å²) in [6.45, 7) is 0. The molecule has 0 aliphatic heterocycles. The van der Waals surface area contributed by atoms with Crippen LogP contribution in [0.3, 0.4) is 0 Å². The Morgan fingerprint density at radius 2 is 1.78 bits per heavy atom. The lowest BCUT2D eigenvalue weighted by Gasteiger charge is -2.17. The van der Waals surface area contributed by atoms with Gasteiger partial charge in [0, 0.05) is 10.5 Å². The van der Waals surface area contributed by atoms with Crippen LogP contribution in [0.2, 0.25) is 0 Å². The van der Waals surface area contributed by atoms with Gasteiger partial charge in [0.2, 0.25) is 0 Å². The van der Waals surface area contributed by atoms with Crippen LogP contribution < -0.4 is 5.32 Å². The number of likely N-dealkylation sites (N-methyl/N-ethyl adjacent to an activating group) is 1. The highest BCUT2D eigenvalue weighted by molar-refractivity contribution is 9.10. The Bertz CT molecular complexity index is 510. The molecule has 0 saturated heterocycles. The first-order chi connectivity index (χ1) is 8.70. The fourth-order valence-corrected chi connectivity index (χ4v) is 2.23. The molecule has 2 aromatic carbocycles. The molecule has 0 spiro atoms. The van der Waals surface area contributed by atoms with Crippen LogP contribution in [-0.2, 0) is 6.42 Å². The Hall–Kier alpha value is -1.19. The van der Waals surface area contributed by atoms with E-state index in [0.717, 1.165) is 15.6 Å². The quantitative estimate of drug-likeness (QED) is 0.897. The predicted octanol–water partition coefficient (Wildman–Crippen LogP) is 4.09. The van der Waals surface area contributed by atoms with E-state index in [1.165, 1.54) is 6.07 Å². The molecule has 0 aromatic heterocycles. The second-order valence-electron chi connectivity index (χ2n) is 4.19. The van der Waals surface area contributed by atoms with Crippen molar-refractivity contribution in [1.29, 1.82) is 0 Å². The van der Waals surface area contributed by atoms with E-state index in [2.05, 4.69) is 21.2 Å². The molecule has 1 N–H and O–H groups in total. The normalized spacial score (nSPS) is 12.4. The highest BCUT2D eigenvalue weighted by Crippen LogP contribution is 2.21. The van der Waals surface area contributed by atoms with Gasteiger partial charge in [0.1, 0.15) is 5.82 Å². The first-order valence-corrected chi connectivity index (χ1v) is 6.66. The monoisotopic (exact) mass is 307 g/mol. The fourth-order valence-electron chi connectivity index (χ4n) is 1.97. The Morgan fingerprint density at radius 1 is 1.11 bits per heavy atom. The Morgan fingerprint density at radius 3 is 2.39 bits per heavy atom. The topological polar surface area (TPSA) is 12.0 Å². The molecule has 2 aromatic rings. The van der Waals surface area contributed by atoms with Gasteiger partial charge in [-0.15, -0.1) is 0 Å². The molecule has 2 rings (SSSR count). The molecule has 1 unspecified atom stereocenters. The van der Waals surface area contributed by atoms with Gasteiger partial charge in [-0.2, -0.15) is 0 Å². The standard InChI is InChI=1S/C15H15BrFN/c1-18-15(11-6-8-13(16)9-7-11)10-12-4-2-3-5-14(12)17/h2-9,15,18H,10H2,1H3. The molecule has 18 heavy (non-hydrogen) atoms. The maximum absolute atomic E-state index is 13.6.